The second-order valence-corrected chi connectivity index (χ2v) is 10.1. The molecule has 0 saturated carbocycles. The summed E-state index contributed by atoms with van der Waals surface area (Å²) in [4.78, 5) is 32.1. The van der Waals surface area contributed by atoms with Gasteiger partial charge in [-0.2, -0.15) is 0 Å². The molecule has 0 aliphatic carbocycles. The highest BCUT2D eigenvalue weighted by atomic mass is 32.1. The SMILES string of the molecule is CCCc1nc(N2CCN(C(=O)CC(C)C)CC2)c2c3c(sc2n1)CN(CC)CC3. The lowest BCUT2D eigenvalue weighted by molar-refractivity contribution is -0.132. The fourth-order valence-electron chi connectivity index (χ4n) is 4.55. The van der Waals surface area contributed by atoms with E-state index in [0.29, 0.717) is 12.3 Å². The Balaban J connectivity index is 1.63. The number of likely N-dealkylation sites (N-methyl/N-ethyl adjacent to an activating group) is 1. The number of rotatable bonds is 6. The van der Waals surface area contributed by atoms with E-state index in [1.165, 1.54) is 15.8 Å². The minimum absolute atomic E-state index is 0.289. The van der Waals surface area contributed by atoms with Gasteiger partial charge >= 0.3 is 0 Å². The van der Waals surface area contributed by atoms with Gasteiger partial charge in [-0.15, -0.1) is 11.3 Å². The Morgan fingerprint density at radius 1 is 1.10 bits per heavy atom. The first-order chi connectivity index (χ1) is 14.5. The minimum atomic E-state index is 0.289. The molecule has 164 valence electrons. The summed E-state index contributed by atoms with van der Waals surface area (Å²) in [5.74, 6) is 2.77. The zero-order chi connectivity index (χ0) is 21.3. The highest BCUT2D eigenvalue weighted by molar-refractivity contribution is 7.19. The third-order valence-electron chi connectivity index (χ3n) is 6.24. The first kappa shape index (κ1) is 21.5. The molecule has 7 heteroatoms. The number of carbonyl (C=O) groups is 1. The number of thiophene rings is 1. The molecule has 0 spiro atoms. The lowest BCUT2D eigenvalue weighted by atomic mass is 10.0. The van der Waals surface area contributed by atoms with Crippen molar-refractivity contribution in [3.63, 3.8) is 0 Å². The van der Waals surface area contributed by atoms with Gasteiger partial charge in [0.1, 0.15) is 16.5 Å². The Morgan fingerprint density at radius 2 is 1.87 bits per heavy atom. The maximum Gasteiger partial charge on any atom is 0.222 e. The van der Waals surface area contributed by atoms with Gasteiger partial charge in [-0.1, -0.05) is 27.7 Å². The maximum atomic E-state index is 12.5. The Labute approximate surface area is 184 Å². The summed E-state index contributed by atoms with van der Waals surface area (Å²) < 4.78 is 0. The van der Waals surface area contributed by atoms with Crippen LogP contribution < -0.4 is 4.90 Å². The van der Waals surface area contributed by atoms with Crippen molar-refractivity contribution < 1.29 is 4.79 Å². The van der Waals surface area contributed by atoms with Crippen LogP contribution in [0.2, 0.25) is 0 Å². The van der Waals surface area contributed by atoms with Crippen LogP contribution >= 0.6 is 11.3 Å². The standard InChI is InChI=1S/C23H35N5OS/c1-5-7-19-24-22(28-12-10-27(11-13-28)20(29)14-16(3)4)21-17-8-9-26(6-2)15-18(17)30-23(21)25-19/h16H,5-15H2,1-4H3. The van der Waals surface area contributed by atoms with Crippen molar-refractivity contribution in [2.75, 3.05) is 44.2 Å². The molecular weight excluding hydrogens is 394 g/mol. The fourth-order valence-corrected chi connectivity index (χ4v) is 5.83. The van der Waals surface area contributed by atoms with Gasteiger partial charge in [0.15, 0.2) is 0 Å². The Hall–Kier alpha value is -1.73. The number of amides is 1. The van der Waals surface area contributed by atoms with E-state index in [-0.39, 0.29) is 5.91 Å². The summed E-state index contributed by atoms with van der Waals surface area (Å²) >= 11 is 1.87. The second-order valence-electron chi connectivity index (χ2n) is 8.98. The molecule has 4 rings (SSSR count). The topological polar surface area (TPSA) is 52.6 Å². The van der Waals surface area contributed by atoms with E-state index in [9.17, 15) is 4.79 Å². The van der Waals surface area contributed by atoms with Crippen molar-refractivity contribution in [2.24, 2.45) is 5.92 Å². The number of anilines is 1. The lowest BCUT2D eigenvalue weighted by Crippen LogP contribution is -2.49. The molecule has 1 fully saturated rings. The summed E-state index contributed by atoms with van der Waals surface area (Å²) in [6, 6.07) is 0. The predicted octanol–water partition coefficient (Wildman–Crippen LogP) is 3.72. The molecule has 2 aliphatic rings. The number of hydrogen-bond donors (Lipinski definition) is 0. The van der Waals surface area contributed by atoms with Crippen molar-refractivity contribution in [2.45, 2.75) is 59.9 Å². The average molecular weight is 430 g/mol. The molecule has 2 aromatic rings. The van der Waals surface area contributed by atoms with Gasteiger partial charge in [0, 0.05) is 57.0 Å². The van der Waals surface area contributed by atoms with E-state index in [4.69, 9.17) is 9.97 Å². The first-order valence-corrected chi connectivity index (χ1v) is 12.4. The number of fused-ring (bicyclic) bond motifs is 3. The van der Waals surface area contributed by atoms with Crippen molar-refractivity contribution in [3.05, 3.63) is 16.3 Å². The van der Waals surface area contributed by atoms with Crippen molar-refractivity contribution in [3.8, 4) is 0 Å². The van der Waals surface area contributed by atoms with E-state index in [2.05, 4.69) is 37.5 Å². The van der Waals surface area contributed by atoms with Crippen LogP contribution in [0.25, 0.3) is 10.2 Å². The Bertz CT molecular complexity index is 901. The predicted molar refractivity (Wildman–Crippen MR) is 124 cm³/mol. The molecule has 1 amide bonds. The average Bonchev–Trinajstić information content (AvgIpc) is 3.10. The molecule has 2 aliphatic heterocycles. The molecule has 0 aromatic carbocycles. The van der Waals surface area contributed by atoms with Crippen LogP contribution in [0.5, 0.6) is 0 Å². The molecular formula is C23H35N5OS. The van der Waals surface area contributed by atoms with Crippen LogP contribution in [0.4, 0.5) is 5.82 Å². The lowest BCUT2D eigenvalue weighted by Gasteiger charge is -2.36. The van der Waals surface area contributed by atoms with Crippen LogP contribution in [-0.4, -0.2) is 64.9 Å². The molecule has 1 saturated heterocycles. The van der Waals surface area contributed by atoms with Gasteiger partial charge in [0.2, 0.25) is 5.91 Å². The molecule has 4 heterocycles. The van der Waals surface area contributed by atoms with E-state index < -0.39 is 0 Å². The summed E-state index contributed by atoms with van der Waals surface area (Å²) in [7, 11) is 0. The normalized spacial score (nSPS) is 17.8. The first-order valence-electron chi connectivity index (χ1n) is 11.6. The molecule has 30 heavy (non-hydrogen) atoms. The molecule has 0 radical (unpaired) electrons. The number of carbonyl (C=O) groups excluding carboxylic acids is 1. The second kappa shape index (κ2) is 9.18. The number of piperazine rings is 1. The summed E-state index contributed by atoms with van der Waals surface area (Å²) in [5, 5.41) is 1.28. The van der Waals surface area contributed by atoms with Gasteiger partial charge in [-0.3, -0.25) is 9.69 Å². The molecule has 0 N–H and O–H groups in total. The highest BCUT2D eigenvalue weighted by Crippen LogP contribution is 2.39. The third kappa shape index (κ3) is 4.33. The zero-order valence-electron chi connectivity index (χ0n) is 18.9. The molecule has 0 unspecified atom stereocenters. The maximum absolute atomic E-state index is 12.5. The van der Waals surface area contributed by atoms with Crippen LogP contribution in [0, 0.1) is 5.92 Å². The highest BCUT2D eigenvalue weighted by Gasteiger charge is 2.28. The molecule has 6 nitrogen and oxygen atoms in total. The fraction of sp³-hybridized carbons (Fsp3) is 0.696. The quantitative estimate of drug-likeness (QED) is 0.701. The Morgan fingerprint density at radius 3 is 2.53 bits per heavy atom. The monoisotopic (exact) mass is 429 g/mol. The summed E-state index contributed by atoms with van der Waals surface area (Å²) in [6.07, 6.45) is 3.69. The van der Waals surface area contributed by atoms with Crippen LogP contribution in [0.1, 0.15) is 56.8 Å². The van der Waals surface area contributed by atoms with E-state index in [1.54, 1.807) is 0 Å². The van der Waals surface area contributed by atoms with Crippen molar-refractivity contribution in [1.29, 1.82) is 0 Å². The summed E-state index contributed by atoms with van der Waals surface area (Å²) in [6.45, 7) is 15.2. The molecule has 0 bridgehead atoms. The van der Waals surface area contributed by atoms with Gasteiger partial charge in [0.05, 0.1) is 5.39 Å². The Kier molecular flexibility index (Phi) is 6.58. The van der Waals surface area contributed by atoms with E-state index >= 15 is 0 Å². The molecule has 2 aromatic heterocycles. The van der Waals surface area contributed by atoms with Crippen LogP contribution in [-0.2, 0) is 24.2 Å². The van der Waals surface area contributed by atoms with Crippen LogP contribution in [0.15, 0.2) is 0 Å². The zero-order valence-corrected chi connectivity index (χ0v) is 19.7. The van der Waals surface area contributed by atoms with E-state index in [0.717, 1.165) is 81.5 Å². The number of hydrogen-bond acceptors (Lipinski definition) is 6. The smallest absolute Gasteiger partial charge is 0.222 e. The number of nitrogens with zero attached hydrogens (tertiary/aromatic N) is 5. The minimum Gasteiger partial charge on any atom is -0.352 e. The van der Waals surface area contributed by atoms with Gasteiger partial charge in [-0.25, -0.2) is 9.97 Å². The third-order valence-corrected chi connectivity index (χ3v) is 7.35. The van der Waals surface area contributed by atoms with Gasteiger partial charge in [-0.05, 0) is 30.9 Å². The van der Waals surface area contributed by atoms with Gasteiger partial charge < -0.3 is 9.80 Å². The van der Waals surface area contributed by atoms with Gasteiger partial charge in [0.25, 0.3) is 0 Å². The number of aromatic nitrogens is 2. The van der Waals surface area contributed by atoms with Crippen LogP contribution in [0.3, 0.4) is 0 Å². The van der Waals surface area contributed by atoms with Crippen molar-refractivity contribution >= 4 is 33.3 Å². The number of aryl methyl sites for hydroxylation is 1. The summed E-state index contributed by atoms with van der Waals surface area (Å²) in [5.41, 5.74) is 1.47. The molecule has 0 atom stereocenters. The largest absolute Gasteiger partial charge is 0.352 e. The van der Waals surface area contributed by atoms with Crippen molar-refractivity contribution in [1.82, 2.24) is 19.8 Å². The van der Waals surface area contributed by atoms with E-state index in [1.807, 2.05) is 16.2 Å².